The predicted octanol–water partition coefficient (Wildman–Crippen LogP) is 3.33. The molecule has 6 nitrogen and oxygen atoms in total. The zero-order chi connectivity index (χ0) is 19.2. The van der Waals surface area contributed by atoms with Crippen LogP contribution in [0, 0.1) is 5.95 Å². The number of amides is 2. The van der Waals surface area contributed by atoms with Gasteiger partial charge in [0.15, 0.2) is 0 Å². The fourth-order valence-electron chi connectivity index (χ4n) is 2.41. The lowest BCUT2D eigenvalue weighted by molar-refractivity contribution is 0.0226. The summed E-state index contributed by atoms with van der Waals surface area (Å²) in [6, 6.07) is 2.48. The quantitative estimate of drug-likeness (QED) is 0.765. The molecule has 2 heterocycles. The molecule has 7 heteroatoms. The van der Waals surface area contributed by atoms with Crippen molar-refractivity contribution in [2.45, 2.75) is 52.7 Å². The number of aromatic nitrogens is 1. The largest absolute Gasteiger partial charge is 0.444 e. The first-order valence-corrected chi connectivity index (χ1v) is 8.54. The van der Waals surface area contributed by atoms with Gasteiger partial charge < -0.3 is 14.5 Å². The number of carbonyl (C=O) groups is 2. The Bertz CT molecular complexity index is 584. The normalized spacial score (nSPS) is 16.8. The van der Waals surface area contributed by atoms with E-state index in [9.17, 15) is 14.0 Å². The highest BCUT2D eigenvalue weighted by Crippen LogP contribution is 2.19. The van der Waals surface area contributed by atoms with Crippen LogP contribution in [0.1, 0.15) is 51.4 Å². The predicted molar refractivity (Wildman–Crippen MR) is 93.8 cm³/mol. The maximum Gasteiger partial charge on any atom is 0.410 e. The summed E-state index contributed by atoms with van der Waals surface area (Å²) in [4.78, 5) is 31.1. The molecule has 2 amide bonds. The summed E-state index contributed by atoms with van der Waals surface area (Å²) < 4.78 is 18.2. The van der Waals surface area contributed by atoms with E-state index in [1.165, 1.54) is 17.2 Å². The number of hydrogen-bond acceptors (Lipinski definition) is 4. The highest BCUT2D eigenvalue weighted by molar-refractivity contribution is 5.94. The van der Waals surface area contributed by atoms with Crippen LogP contribution in [0.25, 0.3) is 0 Å². The summed E-state index contributed by atoms with van der Waals surface area (Å²) in [6.45, 7) is 10.4. The molecule has 0 aromatic carbocycles. The third-order valence-electron chi connectivity index (χ3n) is 3.65. The van der Waals surface area contributed by atoms with Crippen molar-refractivity contribution in [1.82, 2.24) is 14.8 Å². The van der Waals surface area contributed by atoms with Crippen molar-refractivity contribution in [3.8, 4) is 0 Å². The second-order valence-corrected chi connectivity index (χ2v) is 6.65. The maximum atomic E-state index is 12.8. The first-order chi connectivity index (χ1) is 11.7. The molecule has 1 aromatic heterocycles. The molecule has 1 aliphatic heterocycles. The molecule has 0 saturated carbocycles. The number of pyridine rings is 1. The monoisotopic (exact) mass is 353 g/mol. The van der Waals surface area contributed by atoms with Crippen LogP contribution in [0.5, 0.6) is 0 Å². The fourth-order valence-corrected chi connectivity index (χ4v) is 2.41. The van der Waals surface area contributed by atoms with Gasteiger partial charge in [-0.25, -0.2) is 9.78 Å². The summed E-state index contributed by atoms with van der Waals surface area (Å²) >= 11 is 0. The van der Waals surface area contributed by atoms with E-state index in [0.29, 0.717) is 25.1 Å². The Kier molecular flexibility index (Phi) is 7.33. The van der Waals surface area contributed by atoms with Crippen molar-refractivity contribution >= 4 is 12.0 Å². The minimum absolute atomic E-state index is 0.0952. The zero-order valence-corrected chi connectivity index (χ0v) is 15.9. The van der Waals surface area contributed by atoms with Crippen molar-refractivity contribution in [3.63, 3.8) is 0 Å². The van der Waals surface area contributed by atoms with Gasteiger partial charge in [-0.1, -0.05) is 13.8 Å². The maximum absolute atomic E-state index is 12.8. The number of nitrogens with zero attached hydrogens (tertiary/aromatic N) is 3. The standard InChI is InChI=1S/C16H22FN3O3.C2H6/c1-16(2,3)23-15(22)19(4)12-7-8-20(10-12)14(21)11-5-6-13(17)18-9-11;1-2/h5-6,9,12H,7-8,10H2,1-4H3;1-2H3/t12-;/m0./s1. The smallest absolute Gasteiger partial charge is 0.410 e. The number of halogens is 1. The molecule has 1 aromatic rings. The Morgan fingerprint density at radius 1 is 1.32 bits per heavy atom. The van der Waals surface area contributed by atoms with Crippen LogP contribution in [-0.4, -0.2) is 58.6 Å². The van der Waals surface area contributed by atoms with E-state index in [4.69, 9.17) is 4.74 Å². The third kappa shape index (κ3) is 5.99. The second kappa shape index (κ2) is 8.78. The molecule has 140 valence electrons. The second-order valence-electron chi connectivity index (χ2n) is 6.65. The number of hydrogen-bond donors (Lipinski definition) is 0. The molecule has 0 N–H and O–H groups in total. The lowest BCUT2D eigenvalue weighted by atomic mass is 10.2. The van der Waals surface area contributed by atoms with Crippen molar-refractivity contribution in [1.29, 1.82) is 0 Å². The molecular weight excluding hydrogens is 325 g/mol. The van der Waals surface area contributed by atoms with E-state index >= 15 is 0 Å². The zero-order valence-electron chi connectivity index (χ0n) is 15.9. The molecule has 0 radical (unpaired) electrons. The Hall–Kier alpha value is -2.18. The summed E-state index contributed by atoms with van der Waals surface area (Å²) in [5, 5.41) is 0. The van der Waals surface area contributed by atoms with Crippen LogP contribution in [0.4, 0.5) is 9.18 Å². The van der Waals surface area contributed by atoms with Crippen LogP contribution < -0.4 is 0 Å². The topological polar surface area (TPSA) is 62.7 Å². The fraction of sp³-hybridized carbons (Fsp3) is 0.611. The van der Waals surface area contributed by atoms with Crippen molar-refractivity contribution in [2.24, 2.45) is 0 Å². The number of ether oxygens (including phenoxy) is 1. The average molecular weight is 353 g/mol. The van der Waals surface area contributed by atoms with Crippen LogP contribution >= 0.6 is 0 Å². The summed E-state index contributed by atoms with van der Waals surface area (Å²) in [5.41, 5.74) is -0.217. The van der Waals surface area contributed by atoms with Crippen molar-refractivity contribution in [2.75, 3.05) is 20.1 Å². The van der Waals surface area contributed by atoms with E-state index in [-0.39, 0.29) is 11.9 Å². The molecule has 0 spiro atoms. The van der Waals surface area contributed by atoms with E-state index < -0.39 is 17.6 Å². The van der Waals surface area contributed by atoms with Gasteiger partial charge in [0.1, 0.15) is 5.60 Å². The van der Waals surface area contributed by atoms with Crippen LogP contribution in [-0.2, 0) is 4.74 Å². The number of rotatable bonds is 2. The van der Waals surface area contributed by atoms with Gasteiger partial charge in [0.2, 0.25) is 5.95 Å². The minimum Gasteiger partial charge on any atom is -0.444 e. The number of likely N-dealkylation sites (N-methyl/N-ethyl adjacent to an activating group) is 1. The molecule has 0 unspecified atom stereocenters. The highest BCUT2D eigenvalue weighted by atomic mass is 19.1. The Morgan fingerprint density at radius 3 is 2.48 bits per heavy atom. The van der Waals surface area contributed by atoms with E-state index in [1.54, 1.807) is 11.9 Å². The third-order valence-corrected chi connectivity index (χ3v) is 3.65. The van der Waals surface area contributed by atoms with Crippen LogP contribution in [0.2, 0.25) is 0 Å². The van der Waals surface area contributed by atoms with Gasteiger partial charge in [-0.2, -0.15) is 4.39 Å². The van der Waals surface area contributed by atoms with E-state index in [0.717, 1.165) is 6.07 Å². The lowest BCUT2D eigenvalue weighted by Gasteiger charge is -2.28. The Morgan fingerprint density at radius 2 is 1.96 bits per heavy atom. The van der Waals surface area contributed by atoms with Gasteiger partial charge in [-0.05, 0) is 39.3 Å². The average Bonchev–Trinajstić information content (AvgIpc) is 3.04. The van der Waals surface area contributed by atoms with E-state index in [1.807, 2.05) is 34.6 Å². The molecule has 1 aliphatic rings. The number of likely N-dealkylation sites (tertiary alicyclic amines) is 1. The summed E-state index contributed by atoms with van der Waals surface area (Å²) in [6.07, 6.45) is 1.50. The van der Waals surface area contributed by atoms with Crippen molar-refractivity contribution in [3.05, 3.63) is 29.8 Å². The minimum atomic E-state index is -0.620. The molecule has 0 bridgehead atoms. The molecule has 2 rings (SSSR count). The van der Waals surface area contributed by atoms with Crippen LogP contribution in [0.15, 0.2) is 18.3 Å². The summed E-state index contributed by atoms with van der Waals surface area (Å²) in [7, 11) is 1.67. The SMILES string of the molecule is CC.CN(C(=O)OC(C)(C)C)[C@H]1CCN(C(=O)c2ccc(F)nc2)C1. The van der Waals surface area contributed by atoms with Crippen molar-refractivity contribution < 1.29 is 18.7 Å². The molecule has 25 heavy (non-hydrogen) atoms. The first kappa shape index (κ1) is 20.9. The summed E-state index contributed by atoms with van der Waals surface area (Å²) in [5.74, 6) is -0.830. The van der Waals surface area contributed by atoms with Crippen LogP contribution in [0.3, 0.4) is 0 Å². The molecule has 1 atom stereocenters. The lowest BCUT2D eigenvalue weighted by Crippen LogP contribution is -2.42. The molecule has 1 fully saturated rings. The van der Waals surface area contributed by atoms with Gasteiger partial charge in [0, 0.05) is 26.3 Å². The first-order valence-electron chi connectivity index (χ1n) is 8.54. The Labute approximate surface area is 149 Å². The van der Waals surface area contributed by atoms with Gasteiger partial charge in [0.05, 0.1) is 11.6 Å². The highest BCUT2D eigenvalue weighted by Gasteiger charge is 2.33. The van der Waals surface area contributed by atoms with Gasteiger partial charge in [-0.15, -0.1) is 0 Å². The van der Waals surface area contributed by atoms with E-state index in [2.05, 4.69) is 4.98 Å². The molecular formula is C18H28FN3O3. The number of carbonyl (C=O) groups excluding carboxylic acids is 2. The van der Waals surface area contributed by atoms with Gasteiger partial charge in [-0.3, -0.25) is 4.79 Å². The molecule has 1 saturated heterocycles. The van der Waals surface area contributed by atoms with Gasteiger partial charge in [0.25, 0.3) is 5.91 Å². The van der Waals surface area contributed by atoms with Gasteiger partial charge >= 0.3 is 6.09 Å². The molecule has 0 aliphatic carbocycles. The Balaban J connectivity index is 0.00000151.